The Balaban J connectivity index is 2.46. The van der Waals surface area contributed by atoms with Gasteiger partial charge in [0.15, 0.2) is 5.76 Å². The van der Waals surface area contributed by atoms with Crippen molar-refractivity contribution in [1.29, 1.82) is 5.26 Å². The van der Waals surface area contributed by atoms with E-state index < -0.39 is 0 Å². The molecule has 68 valence electrons. The van der Waals surface area contributed by atoms with Gasteiger partial charge in [0.25, 0.3) is 0 Å². The molecule has 0 atom stereocenters. The van der Waals surface area contributed by atoms with Crippen LogP contribution in [-0.2, 0) is 0 Å². The maximum Gasteiger partial charge on any atom is 0.212 e. The summed E-state index contributed by atoms with van der Waals surface area (Å²) < 4.78 is 5.28. The molecule has 0 saturated heterocycles. The van der Waals surface area contributed by atoms with Gasteiger partial charge in [0.1, 0.15) is 12.0 Å². The fourth-order valence-electron chi connectivity index (χ4n) is 1.28. The van der Waals surface area contributed by atoms with Crippen LogP contribution in [0.5, 0.6) is 0 Å². The van der Waals surface area contributed by atoms with Crippen LogP contribution in [0.4, 0.5) is 0 Å². The Morgan fingerprint density at radius 3 is 2.93 bits per heavy atom. The van der Waals surface area contributed by atoms with Crippen LogP contribution in [0.15, 0.2) is 34.7 Å². The first-order chi connectivity index (χ1) is 6.81. The van der Waals surface area contributed by atoms with Gasteiger partial charge in [-0.05, 0) is 12.1 Å². The number of nitrogens with zero attached hydrogens (tertiary/aromatic N) is 1. The number of fused-ring (bicyclic) bond motifs is 1. The summed E-state index contributed by atoms with van der Waals surface area (Å²) in [5.41, 5.74) is 0.675. The molecule has 14 heavy (non-hydrogen) atoms. The highest BCUT2D eigenvalue weighted by molar-refractivity contribution is 5.98. The summed E-state index contributed by atoms with van der Waals surface area (Å²) in [4.78, 5) is 11.3. The van der Waals surface area contributed by atoms with Gasteiger partial charge in [-0.3, -0.25) is 4.79 Å². The summed E-state index contributed by atoms with van der Waals surface area (Å²) in [6.45, 7) is 0. The van der Waals surface area contributed by atoms with Crippen LogP contribution in [-0.4, -0.2) is 5.78 Å². The van der Waals surface area contributed by atoms with Gasteiger partial charge < -0.3 is 4.42 Å². The SMILES string of the molecule is N#CCC(=O)c1cc2ccccc2o1. The van der Waals surface area contributed by atoms with E-state index >= 15 is 0 Å². The minimum atomic E-state index is -0.274. The molecular formula is C11H7NO2. The summed E-state index contributed by atoms with van der Waals surface area (Å²) in [5, 5.41) is 9.24. The number of furan rings is 1. The molecule has 0 bridgehead atoms. The first-order valence-electron chi connectivity index (χ1n) is 4.20. The molecule has 2 aromatic rings. The van der Waals surface area contributed by atoms with Crippen LogP contribution in [0.25, 0.3) is 11.0 Å². The van der Waals surface area contributed by atoms with Gasteiger partial charge in [0.05, 0.1) is 6.07 Å². The Kier molecular flexibility index (Phi) is 2.04. The van der Waals surface area contributed by atoms with E-state index in [1.54, 1.807) is 18.2 Å². The van der Waals surface area contributed by atoms with Crippen LogP contribution < -0.4 is 0 Å². The Morgan fingerprint density at radius 2 is 2.21 bits per heavy atom. The Morgan fingerprint density at radius 1 is 1.43 bits per heavy atom. The van der Waals surface area contributed by atoms with E-state index in [4.69, 9.17) is 9.68 Å². The van der Waals surface area contributed by atoms with Crippen molar-refractivity contribution < 1.29 is 9.21 Å². The quantitative estimate of drug-likeness (QED) is 0.675. The fraction of sp³-hybridized carbons (Fsp3) is 0.0909. The number of hydrogen-bond acceptors (Lipinski definition) is 3. The van der Waals surface area contributed by atoms with Crippen LogP contribution in [0.1, 0.15) is 17.0 Å². The molecular weight excluding hydrogens is 178 g/mol. The zero-order valence-corrected chi connectivity index (χ0v) is 7.36. The monoisotopic (exact) mass is 185 g/mol. The second-order valence-corrected chi connectivity index (χ2v) is 2.91. The zero-order valence-electron chi connectivity index (χ0n) is 7.36. The molecule has 0 saturated carbocycles. The molecule has 3 heteroatoms. The third-order valence-electron chi connectivity index (χ3n) is 1.94. The number of carbonyl (C=O) groups is 1. The maximum absolute atomic E-state index is 11.3. The first-order valence-corrected chi connectivity index (χ1v) is 4.20. The number of benzene rings is 1. The number of nitriles is 1. The van der Waals surface area contributed by atoms with Crippen molar-refractivity contribution in [3.63, 3.8) is 0 Å². The lowest BCUT2D eigenvalue weighted by Gasteiger charge is -1.86. The molecule has 1 aromatic heterocycles. The van der Waals surface area contributed by atoms with Gasteiger partial charge in [0, 0.05) is 5.39 Å². The van der Waals surface area contributed by atoms with Crippen molar-refractivity contribution in [1.82, 2.24) is 0 Å². The van der Waals surface area contributed by atoms with Crippen LogP contribution >= 0.6 is 0 Å². The van der Waals surface area contributed by atoms with Crippen LogP contribution in [0.3, 0.4) is 0 Å². The standard InChI is InChI=1S/C11H7NO2/c12-6-5-9(13)11-7-8-3-1-2-4-10(8)14-11/h1-4,7H,5H2. The summed E-state index contributed by atoms with van der Waals surface area (Å²) >= 11 is 0. The molecule has 0 fully saturated rings. The van der Waals surface area contributed by atoms with Gasteiger partial charge in [0.2, 0.25) is 5.78 Å². The van der Waals surface area contributed by atoms with E-state index in [2.05, 4.69) is 0 Å². The van der Waals surface area contributed by atoms with Gasteiger partial charge in [-0.1, -0.05) is 18.2 Å². The van der Waals surface area contributed by atoms with Crippen LogP contribution in [0, 0.1) is 11.3 Å². The number of carbonyl (C=O) groups excluding carboxylic acids is 1. The molecule has 3 nitrogen and oxygen atoms in total. The minimum absolute atomic E-state index is 0.139. The summed E-state index contributed by atoms with van der Waals surface area (Å²) in [6, 6.07) is 10.8. The van der Waals surface area contributed by atoms with Crippen LogP contribution in [0.2, 0.25) is 0 Å². The van der Waals surface area contributed by atoms with E-state index in [0.717, 1.165) is 5.39 Å². The molecule has 0 N–H and O–H groups in total. The first kappa shape index (κ1) is 8.52. The topological polar surface area (TPSA) is 54.0 Å². The van der Waals surface area contributed by atoms with E-state index in [1.807, 2.05) is 18.2 Å². The molecule has 0 unspecified atom stereocenters. The second-order valence-electron chi connectivity index (χ2n) is 2.91. The van der Waals surface area contributed by atoms with Crippen molar-refractivity contribution >= 4 is 16.8 Å². The predicted octanol–water partition coefficient (Wildman–Crippen LogP) is 2.53. The van der Waals surface area contributed by atoms with Gasteiger partial charge in [-0.25, -0.2) is 0 Å². The summed E-state index contributed by atoms with van der Waals surface area (Å²) in [6.07, 6.45) is -0.139. The van der Waals surface area contributed by atoms with Gasteiger partial charge >= 0.3 is 0 Å². The molecule has 2 rings (SSSR count). The third-order valence-corrected chi connectivity index (χ3v) is 1.94. The largest absolute Gasteiger partial charge is 0.453 e. The lowest BCUT2D eigenvalue weighted by molar-refractivity contribution is 0.0973. The average molecular weight is 185 g/mol. The van der Waals surface area contributed by atoms with E-state index in [9.17, 15) is 4.79 Å². The molecule has 0 aliphatic heterocycles. The molecule has 1 aromatic carbocycles. The average Bonchev–Trinajstić information content (AvgIpc) is 2.61. The minimum Gasteiger partial charge on any atom is -0.453 e. The normalized spacial score (nSPS) is 9.93. The lowest BCUT2D eigenvalue weighted by Crippen LogP contribution is -1.93. The van der Waals surface area contributed by atoms with E-state index in [-0.39, 0.29) is 18.0 Å². The number of rotatable bonds is 2. The van der Waals surface area contributed by atoms with E-state index in [1.165, 1.54) is 0 Å². The molecule has 0 aliphatic carbocycles. The van der Waals surface area contributed by atoms with Crippen molar-refractivity contribution in [2.75, 3.05) is 0 Å². The highest BCUT2D eigenvalue weighted by Gasteiger charge is 2.10. The second kappa shape index (κ2) is 3.35. The molecule has 0 spiro atoms. The van der Waals surface area contributed by atoms with Crippen molar-refractivity contribution in [2.45, 2.75) is 6.42 Å². The van der Waals surface area contributed by atoms with Gasteiger partial charge in [-0.2, -0.15) is 5.26 Å². The fourth-order valence-corrected chi connectivity index (χ4v) is 1.28. The van der Waals surface area contributed by atoms with Crippen molar-refractivity contribution in [2.24, 2.45) is 0 Å². The van der Waals surface area contributed by atoms with E-state index in [0.29, 0.717) is 5.58 Å². The smallest absolute Gasteiger partial charge is 0.212 e. The zero-order chi connectivity index (χ0) is 9.97. The maximum atomic E-state index is 11.3. The summed E-state index contributed by atoms with van der Waals surface area (Å²) in [5.74, 6) is -0.0172. The molecule has 0 radical (unpaired) electrons. The predicted molar refractivity (Wildman–Crippen MR) is 50.8 cm³/mol. The summed E-state index contributed by atoms with van der Waals surface area (Å²) in [7, 11) is 0. The third kappa shape index (κ3) is 1.38. The Bertz CT molecular complexity index is 486. The highest BCUT2D eigenvalue weighted by Crippen LogP contribution is 2.19. The van der Waals surface area contributed by atoms with Crippen molar-refractivity contribution in [3.05, 3.63) is 36.1 Å². The van der Waals surface area contributed by atoms with Crippen molar-refractivity contribution in [3.8, 4) is 6.07 Å². The Labute approximate surface area is 80.6 Å². The molecule has 0 aliphatic rings. The number of para-hydroxylation sites is 1. The molecule has 0 amide bonds. The Hall–Kier alpha value is -2.08. The lowest BCUT2D eigenvalue weighted by atomic mass is 10.2. The highest BCUT2D eigenvalue weighted by atomic mass is 16.3. The number of hydrogen-bond donors (Lipinski definition) is 0. The number of ketones is 1. The molecule has 1 heterocycles. The van der Waals surface area contributed by atoms with Gasteiger partial charge in [-0.15, -0.1) is 0 Å². The number of Topliss-reactive ketones (excluding diaryl/α,β-unsaturated/α-hetero) is 1.